The largest absolute Gasteiger partial charge is 0.444 e. The Hall–Kier alpha value is -3.96. The number of alkyl carbamates (subject to hydrolysis) is 1. The molecular formula is C31H33N3O4S. The van der Waals surface area contributed by atoms with E-state index in [1.165, 1.54) is 0 Å². The van der Waals surface area contributed by atoms with E-state index in [0.717, 1.165) is 23.6 Å². The Morgan fingerprint density at radius 3 is 2.31 bits per heavy atom. The van der Waals surface area contributed by atoms with E-state index in [-0.39, 0.29) is 17.7 Å². The number of carbonyl (C=O) groups excluding carboxylic acids is 3. The molecule has 3 aromatic rings. The summed E-state index contributed by atoms with van der Waals surface area (Å²) in [5.74, 6) is 1.85. The highest BCUT2D eigenvalue weighted by atomic mass is 32.1. The van der Waals surface area contributed by atoms with Gasteiger partial charge >= 0.3 is 6.09 Å². The normalized spacial score (nSPS) is 14.5. The molecule has 2 N–H and O–H groups in total. The molecular weight excluding hydrogens is 510 g/mol. The van der Waals surface area contributed by atoms with Gasteiger partial charge in [-0.3, -0.25) is 9.59 Å². The van der Waals surface area contributed by atoms with Gasteiger partial charge in [0.05, 0.1) is 0 Å². The van der Waals surface area contributed by atoms with Crippen LogP contribution in [0.25, 0.3) is 10.8 Å². The maximum absolute atomic E-state index is 13.9. The van der Waals surface area contributed by atoms with Crippen molar-refractivity contribution in [3.05, 3.63) is 77.9 Å². The van der Waals surface area contributed by atoms with Crippen LogP contribution >= 0.6 is 12.6 Å². The summed E-state index contributed by atoms with van der Waals surface area (Å²) in [5, 5.41) is 7.67. The molecule has 2 unspecified atom stereocenters. The van der Waals surface area contributed by atoms with Crippen molar-refractivity contribution in [3.8, 4) is 12.3 Å². The van der Waals surface area contributed by atoms with Gasteiger partial charge in [-0.05, 0) is 74.2 Å². The molecule has 0 radical (unpaired) electrons. The number of thiol groups is 1. The number of hydrogen-bond donors (Lipinski definition) is 3. The Bertz CT molecular complexity index is 1400. The first-order valence-corrected chi connectivity index (χ1v) is 13.5. The average molecular weight is 544 g/mol. The molecule has 1 saturated carbocycles. The molecule has 4 rings (SSSR count). The van der Waals surface area contributed by atoms with Gasteiger partial charge in [0.1, 0.15) is 17.7 Å². The molecule has 3 amide bonds. The molecule has 8 heteroatoms. The smallest absolute Gasteiger partial charge is 0.408 e. The molecule has 0 aliphatic heterocycles. The van der Waals surface area contributed by atoms with E-state index in [2.05, 4.69) is 29.2 Å². The monoisotopic (exact) mass is 543 g/mol. The molecule has 0 spiro atoms. The van der Waals surface area contributed by atoms with Gasteiger partial charge in [0.25, 0.3) is 5.91 Å². The molecule has 7 nitrogen and oxygen atoms in total. The van der Waals surface area contributed by atoms with Crippen molar-refractivity contribution >= 4 is 47.0 Å². The lowest BCUT2D eigenvalue weighted by Gasteiger charge is -2.34. The summed E-state index contributed by atoms with van der Waals surface area (Å²) in [5.41, 5.74) is 1.16. The lowest BCUT2D eigenvalue weighted by molar-refractivity contribution is -0.141. The van der Waals surface area contributed by atoms with E-state index in [9.17, 15) is 14.4 Å². The van der Waals surface area contributed by atoms with E-state index in [1.807, 2.05) is 42.5 Å². The van der Waals surface area contributed by atoms with Crippen LogP contribution in [0.4, 0.5) is 10.5 Å². The maximum Gasteiger partial charge on any atom is 0.408 e. The van der Waals surface area contributed by atoms with Gasteiger partial charge in [-0.2, -0.15) is 12.6 Å². The third kappa shape index (κ3) is 7.12. The number of hydrogen-bond acceptors (Lipinski definition) is 5. The van der Waals surface area contributed by atoms with Gasteiger partial charge < -0.3 is 20.3 Å². The van der Waals surface area contributed by atoms with Crippen LogP contribution in [0.3, 0.4) is 0 Å². The van der Waals surface area contributed by atoms with Crippen molar-refractivity contribution in [3.63, 3.8) is 0 Å². The van der Waals surface area contributed by atoms with E-state index in [1.54, 1.807) is 49.9 Å². The first kappa shape index (κ1) is 28.1. The Labute approximate surface area is 234 Å². The van der Waals surface area contributed by atoms with Crippen LogP contribution in [0.15, 0.2) is 66.7 Å². The van der Waals surface area contributed by atoms with Crippen LogP contribution in [0.2, 0.25) is 0 Å². The standard InChI is InChI=1S/C31H33N3O4S/c1-5-20-10-12-22(13-11-20)27(28(35)32-24-15-14-21-8-6-7-9-23(21)18-24)34(25-16-17-25)29(36)26(19-39)33-30(37)38-31(2,3)4/h1,6-15,18,25-27,39H,16-17,19H2,2-4H3,(H,32,35)(H,33,37). The summed E-state index contributed by atoms with van der Waals surface area (Å²) in [6.45, 7) is 5.23. The predicted molar refractivity (Wildman–Crippen MR) is 157 cm³/mol. The van der Waals surface area contributed by atoms with Gasteiger partial charge in [0.15, 0.2) is 0 Å². The second kappa shape index (κ2) is 11.8. The van der Waals surface area contributed by atoms with Gasteiger partial charge in [0.2, 0.25) is 5.91 Å². The van der Waals surface area contributed by atoms with Crippen LogP contribution in [-0.2, 0) is 14.3 Å². The molecule has 3 aromatic carbocycles. The SMILES string of the molecule is C#Cc1ccc(C(C(=O)Nc2ccc3ccccc3c2)N(C(=O)C(CS)NC(=O)OC(C)(C)C)C2CC2)cc1. The van der Waals surface area contributed by atoms with Crippen LogP contribution in [0.5, 0.6) is 0 Å². The van der Waals surface area contributed by atoms with Crippen LogP contribution in [-0.4, -0.2) is 46.2 Å². The zero-order chi connectivity index (χ0) is 28.2. The van der Waals surface area contributed by atoms with Gasteiger partial charge in [-0.1, -0.05) is 48.4 Å². The van der Waals surface area contributed by atoms with E-state index in [0.29, 0.717) is 16.8 Å². The van der Waals surface area contributed by atoms with Crippen molar-refractivity contribution in [2.45, 2.75) is 57.3 Å². The molecule has 0 heterocycles. The molecule has 1 fully saturated rings. The number of ether oxygens (including phenoxy) is 1. The summed E-state index contributed by atoms with van der Waals surface area (Å²) >= 11 is 4.33. The number of anilines is 1. The molecule has 0 bridgehead atoms. The molecule has 0 aromatic heterocycles. The fraction of sp³-hybridized carbons (Fsp3) is 0.323. The minimum Gasteiger partial charge on any atom is -0.444 e. The molecule has 0 saturated heterocycles. The summed E-state index contributed by atoms with van der Waals surface area (Å²) in [4.78, 5) is 41.9. The first-order chi connectivity index (χ1) is 18.6. The Morgan fingerprint density at radius 2 is 1.72 bits per heavy atom. The van der Waals surface area contributed by atoms with Gasteiger partial charge in [0, 0.05) is 23.0 Å². The molecule has 202 valence electrons. The zero-order valence-electron chi connectivity index (χ0n) is 22.3. The number of nitrogens with one attached hydrogen (secondary N) is 2. The first-order valence-electron chi connectivity index (χ1n) is 12.9. The van der Waals surface area contributed by atoms with Gasteiger partial charge in [-0.15, -0.1) is 6.42 Å². The fourth-order valence-corrected chi connectivity index (χ4v) is 4.61. The summed E-state index contributed by atoms with van der Waals surface area (Å²) < 4.78 is 5.36. The zero-order valence-corrected chi connectivity index (χ0v) is 23.2. The number of benzene rings is 3. The van der Waals surface area contributed by atoms with Gasteiger partial charge in [-0.25, -0.2) is 4.79 Å². The number of carbonyl (C=O) groups is 3. The quantitative estimate of drug-likeness (QED) is 0.265. The van der Waals surface area contributed by atoms with Crippen LogP contribution in [0, 0.1) is 12.3 Å². The number of fused-ring (bicyclic) bond motifs is 1. The number of terminal acetylenes is 1. The summed E-state index contributed by atoms with van der Waals surface area (Å²) in [6.07, 6.45) is 6.32. The fourth-order valence-electron chi connectivity index (χ4n) is 4.36. The Kier molecular flexibility index (Phi) is 8.51. The van der Waals surface area contributed by atoms with Crippen molar-refractivity contribution in [2.24, 2.45) is 0 Å². The molecule has 2 atom stereocenters. The number of nitrogens with zero attached hydrogens (tertiary/aromatic N) is 1. The third-order valence-corrected chi connectivity index (χ3v) is 6.67. The van der Waals surface area contributed by atoms with Crippen molar-refractivity contribution in [1.82, 2.24) is 10.2 Å². The third-order valence-electron chi connectivity index (χ3n) is 6.30. The second-order valence-corrected chi connectivity index (χ2v) is 10.9. The lowest BCUT2D eigenvalue weighted by atomic mass is 10.0. The summed E-state index contributed by atoms with van der Waals surface area (Å²) in [7, 11) is 0. The molecule has 1 aliphatic carbocycles. The minimum atomic E-state index is -0.982. The number of rotatable bonds is 8. The van der Waals surface area contributed by atoms with Crippen molar-refractivity contribution in [2.75, 3.05) is 11.1 Å². The maximum atomic E-state index is 13.9. The lowest BCUT2D eigenvalue weighted by Crippen LogP contribution is -2.54. The van der Waals surface area contributed by atoms with Crippen molar-refractivity contribution < 1.29 is 19.1 Å². The Balaban J connectivity index is 1.67. The molecule has 39 heavy (non-hydrogen) atoms. The van der Waals surface area contributed by atoms with Crippen molar-refractivity contribution in [1.29, 1.82) is 0 Å². The highest BCUT2D eigenvalue weighted by Gasteiger charge is 2.44. The average Bonchev–Trinajstić information content (AvgIpc) is 3.74. The van der Waals surface area contributed by atoms with E-state index in [4.69, 9.17) is 11.2 Å². The van der Waals surface area contributed by atoms with E-state index >= 15 is 0 Å². The highest BCUT2D eigenvalue weighted by Crippen LogP contribution is 2.36. The van der Waals surface area contributed by atoms with Crippen LogP contribution < -0.4 is 10.6 Å². The second-order valence-electron chi connectivity index (χ2n) is 10.6. The predicted octanol–water partition coefficient (Wildman–Crippen LogP) is 5.32. The van der Waals surface area contributed by atoms with E-state index < -0.39 is 29.7 Å². The Morgan fingerprint density at radius 1 is 1.05 bits per heavy atom. The summed E-state index contributed by atoms with van der Waals surface area (Å²) in [6, 6.07) is 18.5. The molecule has 1 aliphatic rings. The topological polar surface area (TPSA) is 87.7 Å². The highest BCUT2D eigenvalue weighted by molar-refractivity contribution is 7.80. The van der Waals surface area contributed by atoms with Crippen LogP contribution in [0.1, 0.15) is 50.8 Å². The number of amides is 3. The minimum absolute atomic E-state index is 0.0380.